The summed E-state index contributed by atoms with van der Waals surface area (Å²) in [6.45, 7) is 5.79. The van der Waals surface area contributed by atoms with Crippen LogP contribution in [0.25, 0.3) is 0 Å². The Morgan fingerprint density at radius 2 is 2.00 bits per heavy atom. The Bertz CT molecular complexity index is 480. The van der Waals surface area contributed by atoms with Crippen molar-refractivity contribution in [2.45, 2.75) is 32.2 Å². The predicted octanol–water partition coefficient (Wildman–Crippen LogP) is 1.10. The molecule has 3 rings (SSSR count). The molecule has 0 spiro atoms. The lowest BCUT2D eigenvalue weighted by atomic mass is 10.2. The summed E-state index contributed by atoms with van der Waals surface area (Å²) < 4.78 is 0. The second kappa shape index (κ2) is 6.28. The summed E-state index contributed by atoms with van der Waals surface area (Å²) >= 11 is 0. The van der Waals surface area contributed by atoms with Crippen LogP contribution in [0.5, 0.6) is 0 Å². The van der Waals surface area contributed by atoms with Crippen LogP contribution in [0.3, 0.4) is 0 Å². The van der Waals surface area contributed by atoms with Crippen molar-refractivity contribution < 1.29 is 0 Å². The van der Waals surface area contributed by atoms with E-state index in [9.17, 15) is 0 Å². The lowest BCUT2D eigenvalue weighted by molar-refractivity contribution is 0.377. The van der Waals surface area contributed by atoms with Crippen molar-refractivity contribution in [3.63, 3.8) is 0 Å². The van der Waals surface area contributed by atoms with Crippen LogP contribution in [0.4, 0.5) is 5.95 Å². The fourth-order valence-electron chi connectivity index (χ4n) is 2.91. The molecule has 0 aromatic carbocycles. The van der Waals surface area contributed by atoms with Crippen LogP contribution < -0.4 is 10.6 Å². The molecule has 6 nitrogen and oxygen atoms in total. The number of aliphatic imine (C=N–C) groups is 1. The van der Waals surface area contributed by atoms with E-state index in [-0.39, 0.29) is 0 Å². The molecule has 1 saturated heterocycles. The molecule has 2 unspecified atom stereocenters. The molecule has 0 radical (unpaired) electrons. The van der Waals surface area contributed by atoms with E-state index in [2.05, 4.69) is 31.7 Å². The number of hydrogen-bond donors (Lipinski definition) is 1. The van der Waals surface area contributed by atoms with Crippen LogP contribution in [-0.4, -0.2) is 53.0 Å². The summed E-state index contributed by atoms with van der Waals surface area (Å²) in [4.78, 5) is 17.6. The molecule has 0 amide bonds. The van der Waals surface area contributed by atoms with Crippen molar-refractivity contribution in [3.8, 4) is 0 Å². The molecule has 1 aliphatic carbocycles. The van der Waals surface area contributed by atoms with Crippen LogP contribution in [0.2, 0.25) is 0 Å². The summed E-state index contributed by atoms with van der Waals surface area (Å²) in [5, 5.41) is 0. The van der Waals surface area contributed by atoms with Gasteiger partial charge in [0.15, 0.2) is 5.96 Å². The van der Waals surface area contributed by atoms with Crippen molar-refractivity contribution in [3.05, 3.63) is 18.5 Å². The van der Waals surface area contributed by atoms with E-state index in [0.717, 1.165) is 38.0 Å². The normalized spacial score (nSPS) is 26.0. The highest BCUT2D eigenvalue weighted by Crippen LogP contribution is 2.37. The van der Waals surface area contributed by atoms with Crippen molar-refractivity contribution in [1.29, 1.82) is 0 Å². The maximum atomic E-state index is 6.16. The van der Waals surface area contributed by atoms with Gasteiger partial charge in [0.1, 0.15) is 0 Å². The Hall–Kier alpha value is -1.85. The summed E-state index contributed by atoms with van der Waals surface area (Å²) in [6, 6.07) is 2.31. The van der Waals surface area contributed by atoms with Gasteiger partial charge in [0, 0.05) is 38.6 Å². The minimum absolute atomic E-state index is 0.473. The van der Waals surface area contributed by atoms with Crippen LogP contribution in [-0.2, 0) is 0 Å². The number of rotatable bonds is 4. The molecule has 2 heterocycles. The monoisotopic (exact) mass is 288 g/mol. The Balaban J connectivity index is 1.50. The standard InChI is InChI=1S/C15H24N6/c1-2-4-12-11-13(12)19-14(16)20-7-9-21(10-8-20)15-17-5-3-6-18-15/h3,5-6,12-13H,2,4,7-11H2,1H3,(H2,16,19). The molecule has 1 aliphatic heterocycles. The van der Waals surface area contributed by atoms with Gasteiger partial charge in [-0.25, -0.2) is 15.0 Å². The van der Waals surface area contributed by atoms with Gasteiger partial charge in [0.25, 0.3) is 0 Å². The molecule has 114 valence electrons. The number of nitrogens with zero attached hydrogens (tertiary/aromatic N) is 5. The Morgan fingerprint density at radius 1 is 1.29 bits per heavy atom. The molecular weight excluding hydrogens is 264 g/mol. The first kappa shape index (κ1) is 14.1. The van der Waals surface area contributed by atoms with Gasteiger partial charge in [-0.2, -0.15) is 0 Å². The first-order valence-corrected chi connectivity index (χ1v) is 7.88. The lowest BCUT2D eigenvalue weighted by Gasteiger charge is -2.35. The summed E-state index contributed by atoms with van der Waals surface area (Å²) in [6.07, 6.45) is 7.30. The molecular formula is C15H24N6. The highest BCUT2D eigenvalue weighted by molar-refractivity contribution is 5.78. The molecule has 2 N–H and O–H groups in total. The van der Waals surface area contributed by atoms with E-state index in [1.807, 2.05) is 6.07 Å². The molecule has 21 heavy (non-hydrogen) atoms. The zero-order chi connectivity index (χ0) is 14.7. The maximum Gasteiger partial charge on any atom is 0.225 e. The van der Waals surface area contributed by atoms with Crippen LogP contribution in [0, 0.1) is 5.92 Å². The fourth-order valence-corrected chi connectivity index (χ4v) is 2.91. The second-order valence-corrected chi connectivity index (χ2v) is 5.86. The van der Waals surface area contributed by atoms with Crippen molar-refractivity contribution in [2.24, 2.45) is 16.6 Å². The smallest absolute Gasteiger partial charge is 0.225 e. The number of guanidine groups is 1. The maximum absolute atomic E-state index is 6.16. The van der Waals surface area contributed by atoms with Gasteiger partial charge < -0.3 is 15.5 Å². The number of hydrogen-bond acceptors (Lipinski definition) is 4. The highest BCUT2D eigenvalue weighted by Gasteiger charge is 2.36. The number of anilines is 1. The minimum atomic E-state index is 0.473. The minimum Gasteiger partial charge on any atom is -0.370 e. The van der Waals surface area contributed by atoms with E-state index in [0.29, 0.717) is 12.0 Å². The average molecular weight is 288 g/mol. The van der Waals surface area contributed by atoms with E-state index in [1.54, 1.807) is 12.4 Å². The number of aromatic nitrogens is 2. The molecule has 1 saturated carbocycles. The van der Waals surface area contributed by atoms with Gasteiger partial charge in [0.2, 0.25) is 5.95 Å². The van der Waals surface area contributed by atoms with E-state index in [4.69, 9.17) is 5.73 Å². The van der Waals surface area contributed by atoms with E-state index < -0.39 is 0 Å². The van der Waals surface area contributed by atoms with E-state index in [1.165, 1.54) is 19.3 Å². The fraction of sp³-hybridized carbons (Fsp3) is 0.667. The Morgan fingerprint density at radius 3 is 2.67 bits per heavy atom. The molecule has 1 aromatic rings. The Kier molecular flexibility index (Phi) is 4.22. The molecule has 1 aromatic heterocycles. The summed E-state index contributed by atoms with van der Waals surface area (Å²) in [5.74, 6) is 2.29. The van der Waals surface area contributed by atoms with Crippen molar-refractivity contribution in [1.82, 2.24) is 14.9 Å². The lowest BCUT2D eigenvalue weighted by Crippen LogP contribution is -2.51. The predicted molar refractivity (Wildman–Crippen MR) is 84.2 cm³/mol. The molecule has 2 aliphatic rings. The first-order valence-electron chi connectivity index (χ1n) is 7.88. The summed E-state index contributed by atoms with van der Waals surface area (Å²) in [5.41, 5.74) is 6.16. The van der Waals surface area contributed by atoms with E-state index >= 15 is 0 Å². The molecule has 6 heteroatoms. The highest BCUT2D eigenvalue weighted by atomic mass is 15.4. The third-order valence-corrected chi connectivity index (χ3v) is 4.28. The third-order valence-electron chi connectivity index (χ3n) is 4.28. The van der Waals surface area contributed by atoms with Gasteiger partial charge >= 0.3 is 0 Å². The Labute approximate surface area is 126 Å². The van der Waals surface area contributed by atoms with Gasteiger partial charge in [0.05, 0.1) is 6.04 Å². The SMILES string of the molecule is CCCC1CC1N=C(N)N1CCN(c2ncccn2)CC1. The van der Waals surface area contributed by atoms with Crippen molar-refractivity contribution >= 4 is 11.9 Å². The first-order chi connectivity index (χ1) is 10.3. The van der Waals surface area contributed by atoms with Crippen LogP contribution in [0.15, 0.2) is 23.5 Å². The van der Waals surface area contributed by atoms with Crippen LogP contribution >= 0.6 is 0 Å². The number of nitrogens with two attached hydrogens (primary N) is 1. The van der Waals surface area contributed by atoms with Gasteiger partial charge in [-0.15, -0.1) is 0 Å². The summed E-state index contributed by atoms with van der Waals surface area (Å²) in [7, 11) is 0. The zero-order valence-corrected chi connectivity index (χ0v) is 12.6. The molecule has 2 fully saturated rings. The van der Waals surface area contributed by atoms with Crippen LogP contribution in [0.1, 0.15) is 26.2 Å². The zero-order valence-electron chi connectivity index (χ0n) is 12.6. The van der Waals surface area contributed by atoms with Gasteiger partial charge in [-0.1, -0.05) is 13.3 Å². The average Bonchev–Trinajstić information content (AvgIpc) is 3.26. The van der Waals surface area contributed by atoms with Gasteiger partial charge in [-0.3, -0.25) is 0 Å². The van der Waals surface area contributed by atoms with Crippen molar-refractivity contribution in [2.75, 3.05) is 31.1 Å². The number of piperazine rings is 1. The largest absolute Gasteiger partial charge is 0.370 e. The topological polar surface area (TPSA) is 70.6 Å². The quantitative estimate of drug-likeness (QED) is 0.663. The second-order valence-electron chi connectivity index (χ2n) is 5.86. The van der Waals surface area contributed by atoms with Gasteiger partial charge in [-0.05, 0) is 24.8 Å². The third kappa shape index (κ3) is 3.43. The molecule has 2 atom stereocenters. The molecule has 0 bridgehead atoms.